The Kier molecular flexibility index (Phi) is 5.44. The SMILES string of the molecule is CC1CCC(NC(=O)c2c(O)c3cccnc3n(CCN3C4COCC3C4)c2=O)CC1. The van der Waals surface area contributed by atoms with Crippen molar-refractivity contribution in [3.8, 4) is 5.75 Å². The molecule has 4 heterocycles. The molecule has 5 rings (SSSR count). The van der Waals surface area contributed by atoms with Crippen molar-refractivity contribution in [1.29, 1.82) is 0 Å². The lowest BCUT2D eigenvalue weighted by Gasteiger charge is -2.52. The molecule has 2 aromatic rings. The van der Waals surface area contributed by atoms with E-state index in [9.17, 15) is 14.7 Å². The fourth-order valence-corrected chi connectivity index (χ4v) is 5.33. The van der Waals surface area contributed by atoms with E-state index in [0.29, 0.717) is 42.1 Å². The molecule has 3 fully saturated rings. The molecule has 2 bridgehead atoms. The summed E-state index contributed by atoms with van der Waals surface area (Å²) in [6, 6.07) is 4.27. The number of aromatic hydroxyl groups is 1. The number of nitrogens with zero attached hydrogens (tertiary/aromatic N) is 3. The summed E-state index contributed by atoms with van der Waals surface area (Å²) in [7, 11) is 0. The zero-order chi connectivity index (χ0) is 21.5. The molecule has 2 atom stereocenters. The highest BCUT2D eigenvalue weighted by Crippen LogP contribution is 2.31. The number of carbonyl (C=O) groups excluding carboxylic acids is 1. The molecule has 0 radical (unpaired) electrons. The molecule has 1 saturated carbocycles. The fraction of sp³-hybridized carbons (Fsp3) is 0.609. The van der Waals surface area contributed by atoms with Crippen LogP contribution in [0, 0.1) is 5.92 Å². The van der Waals surface area contributed by atoms with Crippen LogP contribution in [-0.2, 0) is 11.3 Å². The summed E-state index contributed by atoms with van der Waals surface area (Å²) in [5.41, 5.74) is -0.242. The number of ether oxygens (including phenoxy) is 1. The molecular formula is C23H30N4O4. The number of carbonyl (C=O) groups is 1. The molecule has 0 aromatic carbocycles. The van der Waals surface area contributed by atoms with Gasteiger partial charge in [0.2, 0.25) is 0 Å². The lowest BCUT2D eigenvalue weighted by atomic mass is 9.87. The minimum absolute atomic E-state index is 0.0426. The average Bonchev–Trinajstić information content (AvgIpc) is 2.78. The lowest BCUT2D eigenvalue weighted by Crippen LogP contribution is -2.64. The van der Waals surface area contributed by atoms with Gasteiger partial charge in [-0.1, -0.05) is 6.92 Å². The van der Waals surface area contributed by atoms with Crippen molar-refractivity contribution in [2.45, 2.75) is 63.7 Å². The highest BCUT2D eigenvalue weighted by molar-refractivity contribution is 6.01. The maximum Gasteiger partial charge on any atom is 0.268 e. The van der Waals surface area contributed by atoms with Crippen LogP contribution < -0.4 is 10.9 Å². The van der Waals surface area contributed by atoms with Gasteiger partial charge in [0.1, 0.15) is 17.0 Å². The van der Waals surface area contributed by atoms with Crippen molar-refractivity contribution in [1.82, 2.24) is 19.8 Å². The van der Waals surface area contributed by atoms with Gasteiger partial charge < -0.3 is 15.2 Å². The predicted molar refractivity (Wildman–Crippen MR) is 116 cm³/mol. The van der Waals surface area contributed by atoms with Crippen LogP contribution in [0.2, 0.25) is 0 Å². The van der Waals surface area contributed by atoms with Crippen LogP contribution in [0.25, 0.3) is 11.0 Å². The molecule has 2 saturated heterocycles. The van der Waals surface area contributed by atoms with Crippen molar-refractivity contribution in [3.63, 3.8) is 0 Å². The van der Waals surface area contributed by atoms with Gasteiger partial charge in [0.05, 0.1) is 18.6 Å². The summed E-state index contributed by atoms with van der Waals surface area (Å²) < 4.78 is 7.09. The number of nitrogens with one attached hydrogen (secondary N) is 1. The molecule has 2 N–H and O–H groups in total. The molecular weight excluding hydrogens is 396 g/mol. The number of amides is 1. The van der Waals surface area contributed by atoms with Crippen LogP contribution in [0.1, 0.15) is 49.4 Å². The number of pyridine rings is 2. The molecule has 8 nitrogen and oxygen atoms in total. The molecule has 166 valence electrons. The van der Waals surface area contributed by atoms with E-state index in [1.165, 1.54) is 0 Å². The fourth-order valence-electron chi connectivity index (χ4n) is 5.33. The second-order valence-electron chi connectivity index (χ2n) is 9.30. The summed E-state index contributed by atoms with van der Waals surface area (Å²) in [6.45, 7) is 4.79. The Hall–Kier alpha value is -2.45. The summed E-state index contributed by atoms with van der Waals surface area (Å²) in [6.07, 6.45) is 6.66. The van der Waals surface area contributed by atoms with E-state index in [4.69, 9.17) is 4.74 Å². The first-order valence-corrected chi connectivity index (χ1v) is 11.4. The van der Waals surface area contributed by atoms with Crippen molar-refractivity contribution in [2.75, 3.05) is 19.8 Å². The van der Waals surface area contributed by atoms with Gasteiger partial charge in [0.15, 0.2) is 0 Å². The van der Waals surface area contributed by atoms with Gasteiger partial charge in [-0.3, -0.25) is 19.1 Å². The first kappa shape index (κ1) is 20.5. The molecule has 2 aromatic heterocycles. The molecule has 1 amide bonds. The maximum atomic E-state index is 13.4. The maximum absolute atomic E-state index is 13.4. The standard InChI is InChI=1S/C23H30N4O4/c1-14-4-6-15(7-5-14)25-22(29)19-20(28)18-3-2-8-24-21(18)27(23(19)30)10-9-26-16-11-17(26)13-31-12-16/h2-3,8,14-17,28H,4-7,9-13H2,1H3,(H,25,29). The number of hydrogen-bond acceptors (Lipinski definition) is 6. The van der Waals surface area contributed by atoms with Gasteiger partial charge >= 0.3 is 0 Å². The van der Waals surface area contributed by atoms with Crippen molar-refractivity contribution >= 4 is 16.9 Å². The molecule has 2 unspecified atom stereocenters. The second-order valence-corrected chi connectivity index (χ2v) is 9.30. The Balaban J connectivity index is 1.44. The lowest BCUT2D eigenvalue weighted by molar-refractivity contribution is -0.127. The topological polar surface area (TPSA) is 96.7 Å². The van der Waals surface area contributed by atoms with Crippen LogP contribution >= 0.6 is 0 Å². The van der Waals surface area contributed by atoms with Gasteiger partial charge in [-0.05, 0) is 50.2 Å². The Morgan fingerprint density at radius 3 is 2.68 bits per heavy atom. The number of morpholine rings is 1. The van der Waals surface area contributed by atoms with E-state index in [1.54, 1.807) is 22.9 Å². The van der Waals surface area contributed by atoms with Gasteiger partial charge in [0.25, 0.3) is 11.5 Å². The molecule has 31 heavy (non-hydrogen) atoms. The average molecular weight is 427 g/mol. The summed E-state index contributed by atoms with van der Waals surface area (Å²) in [4.78, 5) is 33.1. The number of rotatable bonds is 5. The van der Waals surface area contributed by atoms with Gasteiger partial charge in [-0.2, -0.15) is 0 Å². The third-order valence-corrected chi connectivity index (χ3v) is 7.26. The van der Waals surface area contributed by atoms with Gasteiger partial charge in [0, 0.05) is 37.4 Å². The van der Waals surface area contributed by atoms with Crippen molar-refractivity contribution in [3.05, 3.63) is 34.2 Å². The summed E-state index contributed by atoms with van der Waals surface area (Å²) in [5.74, 6) is -0.104. The van der Waals surface area contributed by atoms with Crippen LogP contribution in [0.5, 0.6) is 5.75 Å². The Bertz CT molecular complexity index is 1030. The normalized spacial score (nSPS) is 28.3. The van der Waals surface area contributed by atoms with E-state index < -0.39 is 11.5 Å². The van der Waals surface area contributed by atoms with Crippen LogP contribution in [-0.4, -0.2) is 63.3 Å². The number of aromatic nitrogens is 2. The van der Waals surface area contributed by atoms with E-state index in [0.717, 1.165) is 45.3 Å². The van der Waals surface area contributed by atoms with Gasteiger partial charge in [-0.25, -0.2) is 4.98 Å². The van der Waals surface area contributed by atoms with E-state index in [1.807, 2.05) is 0 Å². The molecule has 2 aliphatic heterocycles. The van der Waals surface area contributed by atoms with Crippen LogP contribution in [0.3, 0.4) is 0 Å². The van der Waals surface area contributed by atoms with E-state index in [2.05, 4.69) is 22.1 Å². The smallest absolute Gasteiger partial charge is 0.268 e. The first-order valence-electron chi connectivity index (χ1n) is 11.4. The van der Waals surface area contributed by atoms with Crippen molar-refractivity contribution in [2.24, 2.45) is 5.92 Å². The third kappa shape index (κ3) is 3.72. The minimum Gasteiger partial charge on any atom is -0.506 e. The summed E-state index contributed by atoms with van der Waals surface area (Å²) >= 11 is 0. The zero-order valence-electron chi connectivity index (χ0n) is 17.9. The monoisotopic (exact) mass is 426 g/mol. The molecule has 1 aliphatic carbocycles. The van der Waals surface area contributed by atoms with Crippen molar-refractivity contribution < 1.29 is 14.6 Å². The van der Waals surface area contributed by atoms with E-state index in [-0.39, 0.29) is 17.4 Å². The Morgan fingerprint density at radius 2 is 1.97 bits per heavy atom. The molecule has 8 heteroatoms. The quantitative estimate of drug-likeness (QED) is 0.758. The van der Waals surface area contributed by atoms with Crippen LogP contribution in [0.4, 0.5) is 0 Å². The summed E-state index contributed by atoms with van der Waals surface area (Å²) in [5, 5.41) is 14.2. The first-order chi connectivity index (χ1) is 15.0. The van der Waals surface area contributed by atoms with Crippen LogP contribution in [0.15, 0.2) is 23.1 Å². The molecule has 3 aliphatic rings. The molecule has 0 spiro atoms. The van der Waals surface area contributed by atoms with Gasteiger partial charge in [-0.15, -0.1) is 0 Å². The second kappa shape index (κ2) is 8.24. The highest BCUT2D eigenvalue weighted by atomic mass is 16.5. The highest BCUT2D eigenvalue weighted by Gasteiger charge is 2.41. The number of fused-ring (bicyclic) bond motifs is 3. The largest absolute Gasteiger partial charge is 0.506 e. The zero-order valence-corrected chi connectivity index (χ0v) is 17.9. The Labute approximate surface area is 181 Å². The van der Waals surface area contributed by atoms with E-state index >= 15 is 0 Å². The predicted octanol–water partition coefficient (Wildman–Crippen LogP) is 1.88. The third-order valence-electron chi connectivity index (χ3n) is 7.26. The Morgan fingerprint density at radius 1 is 1.23 bits per heavy atom. The number of hydrogen-bond donors (Lipinski definition) is 2. The minimum atomic E-state index is -0.490.